The topological polar surface area (TPSA) is 80.6 Å². The fourth-order valence-electron chi connectivity index (χ4n) is 8.51. The van der Waals surface area contributed by atoms with Crippen molar-refractivity contribution >= 4 is 0 Å². The molecule has 2 aromatic carbocycles. The quantitative estimate of drug-likeness (QED) is 0.559. The lowest BCUT2D eigenvalue weighted by atomic mass is 9.55. The first-order chi connectivity index (χ1) is 19.4. The van der Waals surface area contributed by atoms with E-state index in [1.807, 2.05) is 0 Å². The van der Waals surface area contributed by atoms with E-state index in [0.29, 0.717) is 30.1 Å². The number of methoxy groups -OCH3 is 1. The smallest absolute Gasteiger partial charge is 0.231 e. The Balaban J connectivity index is 1.06. The maximum atomic E-state index is 10.7. The van der Waals surface area contributed by atoms with Gasteiger partial charge in [0.1, 0.15) is 18.4 Å². The summed E-state index contributed by atoms with van der Waals surface area (Å²) in [6, 6.07) is 8.49. The summed E-state index contributed by atoms with van der Waals surface area (Å²) in [7, 11) is 3.76. The van der Waals surface area contributed by atoms with Crippen molar-refractivity contribution in [2.75, 3.05) is 34.1 Å². The van der Waals surface area contributed by atoms with Crippen molar-refractivity contribution < 1.29 is 29.2 Å². The monoisotopic (exact) mass is 545 g/mol. The van der Waals surface area contributed by atoms with Crippen LogP contribution >= 0.6 is 0 Å². The summed E-state index contributed by atoms with van der Waals surface area (Å²) in [6.45, 7) is 3.62. The highest BCUT2D eigenvalue weighted by Crippen LogP contribution is 2.61. The third-order valence-electron chi connectivity index (χ3n) is 10.6. The van der Waals surface area contributed by atoms with Crippen LogP contribution in [0.15, 0.2) is 24.3 Å². The third kappa shape index (κ3) is 3.99. The summed E-state index contributed by atoms with van der Waals surface area (Å²) in [4.78, 5) is 2.24. The molecule has 7 nitrogen and oxygen atoms in total. The fraction of sp³-hybridized carbons (Fsp3) is 0.576. The van der Waals surface area contributed by atoms with Crippen LogP contribution in [0, 0.1) is 29.1 Å². The van der Waals surface area contributed by atoms with Crippen LogP contribution < -0.4 is 18.9 Å². The van der Waals surface area contributed by atoms with Gasteiger partial charge in [-0.1, -0.05) is 24.8 Å². The van der Waals surface area contributed by atoms with Crippen LogP contribution in [0.1, 0.15) is 66.8 Å². The first-order valence-corrected chi connectivity index (χ1v) is 14.7. The largest absolute Gasteiger partial charge is 0.492 e. The van der Waals surface area contributed by atoms with Crippen LogP contribution in [0.25, 0.3) is 0 Å². The van der Waals surface area contributed by atoms with Crippen LogP contribution in [0.5, 0.6) is 23.0 Å². The molecule has 0 saturated heterocycles. The molecular formula is C33H39NO6. The summed E-state index contributed by atoms with van der Waals surface area (Å²) < 4.78 is 23.2. The van der Waals surface area contributed by atoms with Crippen LogP contribution in [-0.2, 0) is 12.8 Å². The molecule has 2 N–H and O–H groups in total. The zero-order valence-electron chi connectivity index (χ0n) is 23.6. The number of nitrogens with zero attached hydrogens (tertiary/aromatic N) is 1. The Labute approximate surface area is 236 Å². The molecule has 0 aromatic heterocycles. The predicted octanol–water partition coefficient (Wildman–Crippen LogP) is 4.22. The first-order valence-electron chi connectivity index (χ1n) is 14.7. The number of hydrogen-bond acceptors (Lipinski definition) is 7. The molecule has 3 aliphatic carbocycles. The van der Waals surface area contributed by atoms with Gasteiger partial charge >= 0.3 is 0 Å². The maximum Gasteiger partial charge on any atom is 0.231 e. The molecule has 7 atom stereocenters. The van der Waals surface area contributed by atoms with E-state index >= 15 is 0 Å². The van der Waals surface area contributed by atoms with E-state index in [1.54, 1.807) is 7.11 Å². The second-order valence-electron chi connectivity index (χ2n) is 12.5. The van der Waals surface area contributed by atoms with Gasteiger partial charge in [-0.3, -0.25) is 4.90 Å². The van der Waals surface area contributed by atoms with Gasteiger partial charge in [-0.25, -0.2) is 0 Å². The molecule has 2 heterocycles. The summed E-state index contributed by atoms with van der Waals surface area (Å²) in [5.41, 5.74) is 4.90. The molecule has 0 radical (unpaired) electrons. The van der Waals surface area contributed by atoms with Crippen molar-refractivity contribution in [1.82, 2.24) is 4.90 Å². The van der Waals surface area contributed by atoms with Crippen molar-refractivity contribution in [3.8, 4) is 34.8 Å². The van der Waals surface area contributed by atoms with Crippen molar-refractivity contribution in [1.29, 1.82) is 0 Å². The number of hydrogen-bond donors (Lipinski definition) is 2. The molecule has 7 rings (SSSR count). The standard InChI is InChI=1S/C33H39NO6/c1-33-12-10-23-22-9-7-21(15-19(22)6-8-24(23)25(33)17-27(35)32(33)36)38-14-4-5-26-29-20(11-13-34(26)2)16-28-30(31(29)37-3)40-18-39-28/h7,9,15-16,23-27,32,35-36H,6,8,10-14,17-18H2,1-3H3/t23-,24+,25-,26-,27-,32-,33-/m0/s1. The molecule has 2 aliphatic heterocycles. The van der Waals surface area contributed by atoms with E-state index in [4.69, 9.17) is 18.9 Å². The second kappa shape index (κ2) is 9.87. The number of likely N-dealkylation sites (N-methyl/N-ethyl adjacent to an activating group) is 1. The molecule has 7 heteroatoms. The number of fused-ring (bicyclic) bond motifs is 7. The molecule has 40 heavy (non-hydrogen) atoms. The molecule has 0 amide bonds. The van der Waals surface area contributed by atoms with E-state index in [2.05, 4.69) is 55.0 Å². The average molecular weight is 546 g/mol. The minimum Gasteiger partial charge on any atom is -0.492 e. The normalized spacial score (nSPS) is 33.6. The van der Waals surface area contributed by atoms with Gasteiger partial charge in [0.05, 0.1) is 19.3 Å². The van der Waals surface area contributed by atoms with E-state index in [-0.39, 0.29) is 18.2 Å². The van der Waals surface area contributed by atoms with Gasteiger partial charge < -0.3 is 29.2 Å². The summed E-state index contributed by atoms with van der Waals surface area (Å²) in [5, 5.41) is 21.1. The molecule has 0 spiro atoms. The molecule has 2 fully saturated rings. The number of aliphatic hydroxyl groups is 2. The Hall–Kier alpha value is -2.92. The lowest BCUT2D eigenvalue weighted by Crippen LogP contribution is -2.44. The van der Waals surface area contributed by atoms with Gasteiger partial charge in [-0.05, 0) is 104 Å². The van der Waals surface area contributed by atoms with Crippen molar-refractivity contribution in [3.63, 3.8) is 0 Å². The number of aryl methyl sites for hydroxylation is 1. The molecule has 2 saturated carbocycles. The lowest BCUT2D eigenvalue weighted by molar-refractivity contribution is -0.0505. The van der Waals surface area contributed by atoms with Crippen LogP contribution in [-0.4, -0.2) is 61.4 Å². The number of rotatable bonds is 3. The average Bonchev–Trinajstić information content (AvgIpc) is 3.52. The summed E-state index contributed by atoms with van der Waals surface area (Å²) in [6.07, 6.45) is 4.61. The van der Waals surface area contributed by atoms with Gasteiger partial charge in [0.15, 0.2) is 11.5 Å². The second-order valence-corrected chi connectivity index (χ2v) is 12.5. The maximum absolute atomic E-state index is 10.7. The lowest BCUT2D eigenvalue weighted by Gasteiger charge is -2.49. The predicted molar refractivity (Wildman–Crippen MR) is 150 cm³/mol. The summed E-state index contributed by atoms with van der Waals surface area (Å²) >= 11 is 0. The zero-order valence-corrected chi connectivity index (χ0v) is 23.6. The number of ether oxygens (including phenoxy) is 4. The van der Waals surface area contributed by atoms with E-state index < -0.39 is 12.2 Å². The van der Waals surface area contributed by atoms with Gasteiger partial charge in [-0.2, -0.15) is 0 Å². The highest BCUT2D eigenvalue weighted by Gasteiger charge is 2.57. The Kier molecular flexibility index (Phi) is 6.42. The van der Waals surface area contributed by atoms with Gasteiger partial charge in [-0.15, -0.1) is 0 Å². The Morgan fingerprint density at radius 3 is 2.85 bits per heavy atom. The molecule has 0 unspecified atom stereocenters. The third-order valence-corrected chi connectivity index (χ3v) is 10.6. The van der Waals surface area contributed by atoms with Crippen LogP contribution in [0.2, 0.25) is 0 Å². The van der Waals surface area contributed by atoms with Gasteiger partial charge in [0.2, 0.25) is 12.5 Å². The molecule has 0 bridgehead atoms. The number of aliphatic hydroxyl groups excluding tert-OH is 2. The highest BCUT2D eigenvalue weighted by atomic mass is 16.7. The first kappa shape index (κ1) is 26.0. The minimum absolute atomic E-state index is 0.109. The SMILES string of the molecule is COc1c2c(cc3c1[C@H](C#CCOc1ccc4c(c1)CC[C@@H]1[C@H]4CC[C@]4(C)[C@@H](O)[C@@H](O)C[C@@H]14)N(C)CC3)OCO2. The van der Waals surface area contributed by atoms with Crippen LogP contribution in [0.4, 0.5) is 0 Å². The van der Waals surface area contributed by atoms with Crippen LogP contribution in [0.3, 0.4) is 0 Å². The fourth-order valence-corrected chi connectivity index (χ4v) is 8.51. The molecule has 2 aromatic rings. The Morgan fingerprint density at radius 1 is 1.12 bits per heavy atom. The van der Waals surface area contributed by atoms with Crippen molar-refractivity contribution in [2.24, 2.45) is 17.3 Å². The Morgan fingerprint density at radius 2 is 2.00 bits per heavy atom. The summed E-state index contributed by atoms with van der Waals surface area (Å²) in [5.74, 6) is 11.1. The molecule has 212 valence electrons. The number of benzene rings is 2. The van der Waals surface area contributed by atoms with Crippen molar-refractivity contribution in [2.45, 2.75) is 69.6 Å². The van der Waals surface area contributed by atoms with Gasteiger partial charge in [0, 0.05) is 12.1 Å². The zero-order chi connectivity index (χ0) is 27.6. The molecular weight excluding hydrogens is 506 g/mol. The highest BCUT2D eigenvalue weighted by molar-refractivity contribution is 5.63. The van der Waals surface area contributed by atoms with Crippen molar-refractivity contribution in [3.05, 3.63) is 46.5 Å². The van der Waals surface area contributed by atoms with Gasteiger partial charge in [0.25, 0.3) is 0 Å². The molecule has 5 aliphatic rings. The Bertz CT molecular complexity index is 1380. The van der Waals surface area contributed by atoms with E-state index in [0.717, 1.165) is 67.9 Å². The van der Waals surface area contributed by atoms with E-state index in [1.165, 1.54) is 16.7 Å². The minimum atomic E-state index is -0.595. The van der Waals surface area contributed by atoms with E-state index in [9.17, 15) is 10.2 Å².